The molecular weight excluding hydrogens is 267 g/mol. The van der Waals surface area contributed by atoms with E-state index in [-0.39, 0.29) is 23.5 Å². The van der Waals surface area contributed by atoms with Gasteiger partial charge in [-0.05, 0) is 17.7 Å². The van der Waals surface area contributed by atoms with Crippen LogP contribution in [0.3, 0.4) is 0 Å². The molecule has 1 atom stereocenters. The van der Waals surface area contributed by atoms with Crippen molar-refractivity contribution in [2.24, 2.45) is 5.73 Å². The van der Waals surface area contributed by atoms with Crippen LogP contribution in [0.25, 0.3) is 0 Å². The number of carbonyl (C=O) groups is 1. The summed E-state index contributed by atoms with van der Waals surface area (Å²) in [7, 11) is 1.45. The van der Waals surface area contributed by atoms with E-state index in [1.165, 1.54) is 7.11 Å². The maximum atomic E-state index is 11.4. The Balaban J connectivity index is 2.52. The fourth-order valence-electron chi connectivity index (χ4n) is 1.11. The molecule has 0 fully saturated rings. The van der Waals surface area contributed by atoms with E-state index in [1.54, 1.807) is 12.1 Å². The van der Waals surface area contributed by atoms with E-state index in [9.17, 15) is 4.79 Å². The van der Waals surface area contributed by atoms with Crippen LogP contribution in [0, 0.1) is 0 Å². The molecule has 0 aromatic carbocycles. The van der Waals surface area contributed by atoms with Gasteiger partial charge in [0.05, 0.1) is 6.61 Å². The second-order valence-corrected chi connectivity index (χ2v) is 4.06. The molecule has 0 spiro atoms. The molecule has 0 saturated heterocycles. The molecule has 0 aliphatic carbocycles. The number of nitrogens with zero attached hydrogens (tertiary/aromatic N) is 1. The van der Waals surface area contributed by atoms with Gasteiger partial charge in [0.2, 0.25) is 0 Å². The van der Waals surface area contributed by atoms with Gasteiger partial charge < -0.3 is 15.2 Å². The average molecular weight is 279 g/mol. The molecule has 1 rings (SSSR count). The fraction of sp³-hybridized carbons (Fsp3) is 0.400. The third-order valence-electron chi connectivity index (χ3n) is 1.85. The van der Waals surface area contributed by atoms with Crippen molar-refractivity contribution in [1.82, 2.24) is 4.98 Å². The lowest BCUT2D eigenvalue weighted by molar-refractivity contribution is -0.147. The average Bonchev–Trinajstić information content (AvgIpc) is 2.25. The Kier molecular flexibility index (Phi) is 5.64. The number of nitrogens with two attached hydrogens (primary N) is 1. The summed E-state index contributed by atoms with van der Waals surface area (Å²) in [5.74, 6) is -0.545. The van der Waals surface area contributed by atoms with E-state index in [4.69, 9.17) is 38.4 Å². The molecule has 17 heavy (non-hydrogen) atoms. The van der Waals surface area contributed by atoms with Gasteiger partial charge >= 0.3 is 5.97 Å². The summed E-state index contributed by atoms with van der Waals surface area (Å²) >= 11 is 11.4. The van der Waals surface area contributed by atoms with E-state index < -0.39 is 12.0 Å². The number of ether oxygens (including phenoxy) is 2. The van der Waals surface area contributed by atoms with Crippen molar-refractivity contribution in [3.05, 3.63) is 28.0 Å². The molecule has 1 aromatic rings. The van der Waals surface area contributed by atoms with Gasteiger partial charge in [0.1, 0.15) is 23.0 Å². The third kappa shape index (κ3) is 4.87. The number of pyridine rings is 1. The number of halogens is 2. The summed E-state index contributed by atoms with van der Waals surface area (Å²) in [5, 5.41) is 0.481. The summed E-state index contributed by atoms with van der Waals surface area (Å²) in [6.45, 7) is 0.148. The van der Waals surface area contributed by atoms with E-state index in [0.29, 0.717) is 5.56 Å². The van der Waals surface area contributed by atoms with Crippen LogP contribution >= 0.6 is 23.2 Å². The van der Waals surface area contributed by atoms with Crippen molar-refractivity contribution in [2.75, 3.05) is 13.7 Å². The zero-order valence-electron chi connectivity index (χ0n) is 9.15. The topological polar surface area (TPSA) is 74.4 Å². The Labute approximate surface area is 109 Å². The van der Waals surface area contributed by atoms with Gasteiger partial charge in [0, 0.05) is 7.11 Å². The summed E-state index contributed by atoms with van der Waals surface area (Å²) < 4.78 is 9.70. The Hall–Kier alpha value is -0.880. The highest BCUT2D eigenvalue weighted by molar-refractivity contribution is 6.32. The minimum atomic E-state index is -0.798. The predicted octanol–water partition coefficient (Wildman–Crippen LogP) is 1.41. The van der Waals surface area contributed by atoms with Gasteiger partial charge in [-0.1, -0.05) is 23.2 Å². The molecule has 0 saturated carbocycles. The first-order chi connectivity index (χ1) is 8.02. The molecule has 7 heteroatoms. The lowest BCUT2D eigenvalue weighted by Gasteiger charge is -2.10. The van der Waals surface area contributed by atoms with Crippen molar-refractivity contribution in [2.45, 2.75) is 12.6 Å². The number of esters is 1. The number of aromatic nitrogens is 1. The molecular formula is C10H12Cl2N2O3. The smallest absolute Gasteiger partial charge is 0.325 e. The second-order valence-electron chi connectivity index (χ2n) is 3.29. The SMILES string of the molecule is COC[C@H](N)C(=O)OCc1cc(Cl)nc(Cl)c1. The highest BCUT2D eigenvalue weighted by Gasteiger charge is 2.14. The van der Waals surface area contributed by atoms with Gasteiger partial charge in [-0.2, -0.15) is 0 Å². The van der Waals surface area contributed by atoms with E-state index in [0.717, 1.165) is 0 Å². The minimum Gasteiger partial charge on any atom is -0.460 e. The van der Waals surface area contributed by atoms with Crippen molar-refractivity contribution in [1.29, 1.82) is 0 Å². The predicted molar refractivity (Wildman–Crippen MR) is 63.9 cm³/mol. The fourth-order valence-corrected chi connectivity index (χ4v) is 1.61. The first-order valence-corrected chi connectivity index (χ1v) is 5.51. The third-order valence-corrected chi connectivity index (χ3v) is 2.24. The first-order valence-electron chi connectivity index (χ1n) is 4.76. The molecule has 94 valence electrons. The number of rotatable bonds is 5. The van der Waals surface area contributed by atoms with Crippen LogP contribution in [-0.2, 0) is 20.9 Å². The maximum Gasteiger partial charge on any atom is 0.325 e. The van der Waals surface area contributed by atoms with Gasteiger partial charge in [-0.3, -0.25) is 4.79 Å². The Morgan fingerprint density at radius 3 is 2.59 bits per heavy atom. The van der Waals surface area contributed by atoms with Crippen molar-refractivity contribution < 1.29 is 14.3 Å². The zero-order chi connectivity index (χ0) is 12.8. The molecule has 5 nitrogen and oxygen atoms in total. The van der Waals surface area contributed by atoms with E-state index in [1.807, 2.05) is 0 Å². The van der Waals surface area contributed by atoms with E-state index in [2.05, 4.69) is 4.98 Å². The van der Waals surface area contributed by atoms with Crippen molar-refractivity contribution >= 4 is 29.2 Å². The highest BCUT2D eigenvalue weighted by atomic mass is 35.5. The zero-order valence-corrected chi connectivity index (χ0v) is 10.7. The summed E-state index contributed by atoms with van der Waals surface area (Å²) in [6.07, 6.45) is 0. The molecule has 0 amide bonds. The molecule has 0 radical (unpaired) electrons. The Bertz CT molecular complexity index is 381. The van der Waals surface area contributed by atoms with Gasteiger partial charge in [0.25, 0.3) is 0 Å². The van der Waals surface area contributed by atoms with Crippen LogP contribution in [-0.4, -0.2) is 30.7 Å². The van der Waals surface area contributed by atoms with Crippen molar-refractivity contribution in [3.8, 4) is 0 Å². The monoisotopic (exact) mass is 278 g/mol. The summed E-state index contributed by atoms with van der Waals surface area (Å²) in [6, 6.07) is 2.32. The minimum absolute atomic E-state index is 0.0399. The van der Waals surface area contributed by atoms with Crippen LogP contribution in [0.2, 0.25) is 10.3 Å². The Morgan fingerprint density at radius 2 is 2.06 bits per heavy atom. The van der Waals surface area contributed by atoms with Crippen LogP contribution in [0.5, 0.6) is 0 Å². The highest BCUT2D eigenvalue weighted by Crippen LogP contribution is 2.15. The van der Waals surface area contributed by atoms with E-state index >= 15 is 0 Å². The summed E-state index contributed by atoms with van der Waals surface area (Å²) in [5.41, 5.74) is 6.13. The number of hydrogen-bond donors (Lipinski definition) is 1. The standard InChI is InChI=1S/C10H12Cl2N2O3/c1-16-5-7(13)10(15)17-4-6-2-8(11)14-9(12)3-6/h2-3,7H,4-5,13H2,1H3/t7-/m0/s1. The lowest BCUT2D eigenvalue weighted by atomic mass is 10.3. The molecule has 1 heterocycles. The quantitative estimate of drug-likeness (QED) is 0.651. The summed E-state index contributed by atoms with van der Waals surface area (Å²) in [4.78, 5) is 15.1. The lowest BCUT2D eigenvalue weighted by Crippen LogP contribution is -2.36. The van der Waals surface area contributed by atoms with Crippen LogP contribution in [0.4, 0.5) is 0 Å². The number of hydrogen-bond acceptors (Lipinski definition) is 5. The van der Waals surface area contributed by atoms with Crippen LogP contribution in [0.15, 0.2) is 12.1 Å². The number of methoxy groups -OCH3 is 1. The molecule has 0 aliphatic rings. The molecule has 0 bridgehead atoms. The first kappa shape index (κ1) is 14.2. The molecule has 2 N–H and O–H groups in total. The molecule has 0 aliphatic heterocycles. The van der Waals surface area contributed by atoms with Gasteiger partial charge in [-0.15, -0.1) is 0 Å². The maximum absolute atomic E-state index is 11.4. The normalized spacial score (nSPS) is 12.2. The molecule has 0 unspecified atom stereocenters. The van der Waals surface area contributed by atoms with Gasteiger partial charge in [-0.25, -0.2) is 4.98 Å². The second kappa shape index (κ2) is 6.76. The van der Waals surface area contributed by atoms with Crippen molar-refractivity contribution in [3.63, 3.8) is 0 Å². The largest absolute Gasteiger partial charge is 0.460 e. The number of carbonyl (C=O) groups excluding carboxylic acids is 1. The molecule has 1 aromatic heterocycles. The van der Waals surface area contributed by atoms with Crippen LogP contribution < -0.4 is 5.73 Å². The van der Waals surface area contributed by atoms with Crippen LogP contribution in [0.1, 0.15) is 5.56 Å². The Morgan fingerprint density at radius 1 is 1.47 bits per heavy atom. The van der Waals surface area contributed by atoms with Gasteiger partial charge in [0.15, 0.2) is 0 Å².